The third kappa shape index (κ3) is 5.20. The number of rotatable bonds is 7. The van der Waals surface area contributed by atoms with Gasteiger partial charge >= 0.3 is 0 Å². The lowest BCUT2D eigenvalue weighted by molar-refractivity contribution is -0.710. The minimum atomic E-state index is 0.978. The van der Waals surface area contributed by atoms with Crippen LogP contribution < -0.4 is 14.0 Å². The Morgan fingerprint density at radius 3 is 2.26 bits per heavy atom. The number of hydrogen-bond acceptors (Lipinski definition) is 3. The van der Waals surface area contributed by atoms with Crippen LogP contribution in [0.4, 0.5) is 5.69 Å². The first-order chi connectivity index (χ1) is 13.0. The van der Waals surface area contributed by atoms with Gasteiger partial charge in [0.1, 0.15) is 7.05 Å². The Bertz CT molecular complexity index is 878. The fourth-order valence-electron chi connectivity index (χ4n) is 2.74. The van der Waals surface area contributed by atoms with E-state index in [4.69, 9.17) is 0 Å². The molecule has 0 aliphatic heterocycles. The summed E-state index contributed by atoms with van der Waals surface area (Å²) in [5.74, 6) is 1.01. The molecule has 2 heterocycles. The molecule has 2 aromatic heterocycles. The fourth-order valence-corrected chi connectivity index (χ4v) is 3.77. The molecule has 5 nitrogen and oxygen atoms in total. The van der Waals surface area contributed by atoms with Gasteiger partial charge in [0.25, 0.3) is 11.5 Å². The molecule has 0 bridgehead atoms. The number of pyridine rings is 1. The van der Waals surface area contributed by atoms with Crippen molar-refractivity contribution < 1.29 is 9.13 Å². The van der Waals surface area contributed by atoms with Crippen molar-refractivity contribution in [3.63, 3.8) is 0 Å². The van der Waals surface area contributed by atoms with Crippen molar-refractivity contribution in [2.75, 3.05) is 24.2 Å². The molecule has 3 aromatic rings. The standard InChI is InChI=1S/C21H27N5S/c1-23-13-11-19(12-14-23)6-5-18-7-9-20(10-8-18)24(2)15-16-27-21-25(3)17-22-26(21)4/h5-14,17H,15-16H2,1-4H3/q+2. The summed E-state index contributed by atoms with van der Waals surface area (Å²) in [7, 11) is 8.17. The first-order valence-electron chi connectivity index (χ1n) is 8.98. The minimum absolute atomic E-state index is 0.978. The molecule has 0 aliphatic carbocycles. The lowest BCUT2D eigenvalue weighted by Crippen LogP contribution is -2.29. The number of nitrogens with zero attached hydrogens (tertiary/aromatic N) is 5. The second-order valence-corrected chi connectivity index (χ2v) is 7.70. The van der Waals surface area contributed by atoms with Gasteiger partial charge in [-0.05, 0) is 23.3 Å². The van der Waals surface area contributed by atoms with Crippen LogP contribution in [0.3, 0.4) is 0 Å². The summed E-state index contributed by atoms with van der Waals surface area (Å²) in [6.45, 7) is 0.978. The summed E-state index contributed by atoms with van der Waals surface area (Å²) >= 11 is 1.82. The summed E-state index contributed by atoms with van der Waals surface area (Å²) in [6, 6.07) is 12.9. The van der Waals surface area contributed by atoms with Gasteiger partial charge in [0.2, 0.25) is 0 Å². The van der Waals surface area contributed by atoms with E-state index in [0.29, 0.717) is 0 Å². The van der Waals surface area contributed by atoms with E-state index in [2.05, 4.69) is 82.6 Å². The Kier molecular flexibility index (Phi) is 6.29. The molecule has 27 heavy (non-hydrogen) atoms. The Morgan fingerprint density at radius 2 is 1.67 bits per heavy atom. The third-order valence-electron chi connectivity index (χ3n) is 4.44. The molecular weight excluding hydrogens is 354 g/mol. The maximum Gasteiger partial charge on any atom is 0.295 e. The molecule has 0 N–H and O–H groups in total. The van der Waals surface area contributed by atoms with Crippen LogP contribution in [-0.2, 0) is 21.1 Å². The van der Waals surface area contributed by atoms with Gasteiger partial charge in [-0.25, -0.2) is 9.13 Å². The highest BCUT2D eigenvalue weighted by molar-refractivity contribution is 7.99. The molecule has 1 aromatic carbocycles. The van der Waals surface area contributed by atoms with E-state index in [1.54, 1.807) is 0 Å². The maximum atomic E-state index is 4.26. The van der Waals surface area contributed by atoms with Crippen LogP contribution in [0, 0.1) is 0 Å². The highest BCUT2D eigenvalue weighted by Gasteiger charge is 2.13. The first kappa shape index (κ1) is 19.2. The Hall–Kier alpha value is -2.60. The number of benzene rings is 1. The van der Waals surface area contributed by atoms with E-state index in [0.717, 1.165) is 12.3 Å². The zero-order chi connectivity index (χ0) is 19.2. The van der Waals surface area contributed by atoms with E-state index in [9.17, 15) is 0 Å². The zero-order valence-electron chi connectivity index (χ0n) is 16.4. The molecule has 6 heteroatoms. The second-order valence-electron chi connectivity index (χ2n) is 6.64. The quantitative estimate of drug-likeness (QED) is 0.465. The van der Waals surface area contributed by atoms with Gasteiger partial charge in [0.05, 0.1) is 14.1 Å². The van der Waals surface area contributed by atoms with Gasteiger partial charge < -0.3 is 4.90 Å². The number of anilines is 1. The molecule has 0 aliphatic rings. The van der Waals surface area contributed by atoms with E-state index < -0.39 is 0 Å². The predicted octanol–water partition coefficient (Wildman–Crippen LogP) is 2.47. The van der Waals surface area contributed by atoms with Gasteiger partial charge in [-0.1, -0.05) is 36.0 Å². The van der Waals surface area contributed by atoms with Crippen LogP contribution in [-0.4, -0.2) is 29.1 Å². The van der Waals surface area contributed by atoms with Crippen LogP contribution in [0.5, 0.6) is 0 Å². The molecule has 3 rings (SSSR count). The number of thioether (sulfide) groups is 1. The first-order valence-corrected chi connectivity index (χ1v) is 9.96. The molecule has 0 atom stereocenters. The summed E-state index contributed by atoms with van der Waals surface area (Å²) in [5.41, 5.74) is 3.64. The van der Waals surface area contributed by atoms with Crippen molar-refractivity contribution in [1.29, 1.82) is 0 Å². The van der Waals surface area contributed by atoms with Crippen LogP contribution in [0.15, 0.2) is 60.3 Å². The highest BCUT2D eigenvalue weighted by atomic mass is 32.2. The minimum Gasteiger partial charge on any atom is -0.374 e. The third-order valence-corrected chi connectivity index (χ3v) is 5.64. The van der Waals surface area contributed by atoms with Gasteiger partial charge in [-0.3, -0.25) is 0 Å². The lowest BCUT2D eigenvalue weighted by Gasteiger charge is -2.18. The van der Waals surface area contributed by atoms with Crippen LogP contribution in [0.1, 0.15) is 11.1 Å². The van der Waals surface area contributed by atoms with Crippen LogP contribution in [0.25, 0.3) is 12.2 Å². The van der Waals surface area contributed by atoms with Crippen molar-refractivity contribution in [2.45, 2.75) is 5.16 Å². The van der Waals surface area contributed by atoms with Crippen molar-refractivity contribution >= 4 is 29.6 Å². The predicted molar refractivity (Wildman–Crippen MR) is 111 cm³/mol. The average molecular weight is 382 g/mol. The monoisotopic (exact) mass is 381 g/mol. The topological polar surface area (TPSA) is 28.8 Å². The molecule has 140 valence electrons. The van der Waals surface area contributed by atoms with Gasteiger partial charge in [-0.15, -0.1) is 4.68 Å². The molecular formula is C21H27N5S+2. The Morgan fingerprint density at radius 1 is 1.04 bits per heavy atom. The summed E-state index contributed by atoms with van der Waals surface area (Å²) in [5, 5.41) is 5.43. The van der Waals surface area contributed by atoms with E-state index in [1.165, 1.54) is 22.0 Å². The molecule has 0 radical (unpaired) electrons. The largest absolute Gasteiger partial charge is 0.374 e. The van der Waals surface area contributed by atoms with Gasteiger partial charge in [0, 0.05) is 42.3 Å². The smallest absolute Gasteiger partial charge is 0.295 e. The number of aromatic nitrogens is 4. The van der Waals surface area contributed by atoms with E-state index in [1.807, 2.05) is 48.5 Å². The average Bonchev–Trinajstić information content (AvgIpc) is 3.00. The zero-order valence-corrected chi connectivity index (χ0v) is 17.2. The van der Waals surface area contributed by atoms with E-state index >= 15 is 0 Å². The van der Waals surface area contributed by atoms with Gasteiger partial charge in [0.15, 0.2) is 12.4 Å². The van der Waals surface area contributed by atoms with Crippen molar-refractivity contribution in [2.24, 2.45) is 21.1 Å². The fraction of sp³-hybridized carbons (Fsp3) is 0.286. The summed E-state index contributed by atoms with van der Waals surface area (Å²) in [4.78, 5) is 2.29. The SMILES string of the molecule is CN(CCSc1n(C)nc[n+]1C)c1ccc(/C=C/c2cc[n+](C)cc2)cc1. The van der Waals surface area contributed by atoms with Crippen molar-refractivity contribution in [1.82, 2.24) is 9.78 Å². The molecule has 0 fully saturated rings. The molecule has 0 unspecified atom stereocenters. The Balaban J connectivity index is 1.53. The van der Waals surface area contributed by atoms with Gasteiger partial charge in [-0.2, -0.15) is 0 Å². The normalized spacial score (nSPS) is 11.3. The van der Waals surface area contributed by atoms with Crippen LogP contribution in [0.2, 0.25) is 0 Å². The number of hydrogen-bond donors (Lipinski definition) is 0. The summed E-state index contributed by atoms with van der Waals surface area (Å²) in [6.07, 6.45) is 10.2. The summed E-state index contributed by atoms with van der Waals surface area (Å²) < 4.78 is 6.01. The van der Waals surface area contributed by atoms with E-state index in [-0.39, 0.29) is 0 Å². The molecule has 0 saturated carbocycles. The van der Waals surface area contributed by atoms with Crippen LogP contribution >= 0.6 is 11.8 Å². The number of aryl methyl sites for hydroxylation is 3. The molecule has 0 amide bonds. The lowest BCUT2D eigenvalue weighted by atomic mass is 10.1. The highest BCUT2D eigenvalue weighted by Crippen LogP contribution is 2.17. The maximum absolute atomic E-state index is 4.26. The molecule has 0 saturated heterocycles. The Labute approximate surface area is 165 Å². The molecule has 0 spiro atoms. The van der Waals surface area contributed by atoms with Crippen molar-refractivity contribution in [3.8, 4) is 0 Å². The second kappa shape index (κ2) is 8.86. The van der Waals surface area contributed by atoms with Crippen molar-refractivity contribution in [3.05, 3.63) is 66.2 Å².